The number of nitrogens with one attached hydrogen (secondary N) is 2. The SMILES string of the molecule is Cl.Cl.O=C(NO)/C(F)=C/c1cnc(N[C@@H]2CCN(Cc3ccccc3)C2)c(Cl)c1. The van der Waals surface area contributed by atoms with Crippen molar-refractivity contribution >= 4 is 54.2 Å². The number of benzene rings is 1. The predicted molar refractivity (Wildman–Crippen MR) is 117 cm³/mol. The molecule has 0 saturated carbocycles. The molecule has 1 saturated heterocycles. The maximum Gasteiger partial charge on any atom is 0.303 e. The molecule has 3 N–H and O–H groups in total. The standard InChI is InChI=1S/C19H20ClFN4O2.2ClH/c20-16-8-14(9-17(21)19(26)24-27)10-22-18(16)23-15-6-7-25(12-15)11-13-4-2-1-3-5-13;;/h1-5,8-10,15,27H,6-7,11-12H2,(H,22,23)(H,24,26);2*1H/b17-9-;;/t15-;;/m1../s1. The van der Waals surface area contributed by atoms with Crippen LogP contribution in [-0.4, -0.2) is 40.1 Å². The van der Waals surface area contributed by atoms with Gasteiger partial charge in [-0.2, -0.15) is 0 Å². The number of hydrogen-bond donors (Lipinski definition) is 3. The normalized spacial score (nSPS) is 16.5. The van der Waals surface area contributed by atoms with Gasteiger partial charge in [0.15, 0.2) is 5.83 Å². The molecular weight excluding hydrogens is 442 g/mol. The molecule has 29 heavy (non-hydrogen) atoms. The molecule has 2 aromatic rings. The van der Waals surface area contributed by atoms with Crippen molar-refractivity contribution < 1.29 is 14.4 Å². The van der Waals surface area contributed by atoms with Crippen molar-refractivity contribution in [1.82, 2.24) is 15.4 Å². The Morgan fingerprint density at radius 2 is 2.07 bits per heavy atom. The number of hydroxylamine groups is 1. The number of likely N-dealkylation sites (tertiary alicyclic amines) is 1. The Labute approximate surface area is 185 Å². The number of anilines is 1. The van der Waals surface area contributed by atoms with Crippen LogP contribution < -0.4 is 10.8 Å². The summed E-state index contributed by atoms with van der Waals surface area (Å²) in [6.45, 7) is 2.75. The van der Waals surface area contributed by atoms with Crippen molar-refractivity contribution in [2.75, 3.05) is 18.4 Å². The molecular formula is C19H22Cl3FN4O2. The molecule has 0 radical (unpaired) electrons. The second-order valence-corrected chi connectivity index (χ2v) is 6.79. The van der Waals surface area contributed by atoms with Gasteiger partial charge in [0.1, 0.15) is 5.82 Å². The maximum atomic E-state index is 13.5. The van der Waals surface area contributed by atoms with Crippen LogP contribution in [0.25, 0.3) is 6.08 Å². The molecule has 1 fully saturated rings. The van der Waals surface area contributed by atoms with Crippen molar-refractivity contribution in [2.24, 2.45) is 0 Å². The molecule has 158 valence electrons. The summed E-state index contributed by atoms with van der Waals surface area (Å²) in [6.07, 6.45) is 3.33. The molecule has 1 aromatic carbocycles. The lowest BCUT2D eigenvalue weighted by Gasteiger charge is -2.17. The van der Waals surface area contributed by atoms with Crippen molar-refractivity contribution in [1.29, 1.82) is 0 Å². The number of rotatable bonds is 6. The average Bonchev–Trinajstić information content (AvgIpc) is 3.11. The lowest BCUT2D eigenvalue weighted by atomic mass is 10.2. The molecule has 0 aliphatic carbocycles. The topological polar surface area (TPSA) is 77.5 Å². The second kappa shape index (κ2) is 11.9. The fourth-order valence-electron chi connectivity index (χ4n) is 3.03. The van der Waals surface area contributed by atoms with Gasteiger partial charge in [-0.3, -0.25) is 14.9 Å². The van der Waals surface area contributed by atoms with Gasteiger partial charge in [-0.15, -0.1) is 24.8 Å². The molecule has 3 rings (SSSR count). The van der Waals surface area contributed by atoms with Gasteiger partial charge in [0.2, 0.25) is 0 Å². The van der Waals surface area contributed by atoms with Gasteiger partial charge < -0.3 is 5.32 Å². The number of nitrogens with zero attached hydrogens (tertiary/aromatic N) is 2. The highest BCUT2D eigenvalue weighted by Gasteiger charge is 2.23. The Balaban J connectivity index is 0.00000210. The zero-order valence-corrected chi connectivity index (χ0v) is 17.7. The van der Waals surface area contributed by atoms with Crippen LogP contribution >= 0.6 is 36.4 Å². The highest BCUT2D eigenvalue weighted by molar-refractivity contribution is 6.33. The number of halogens is 4. The summed E-state index contributed by atoms with van der Waals surface area (Å²) in [5.41, 5.74) is 2.83. The van der Waals surface area contributed by atoms with Crippen LogP contribution in [0.15, 0.2) is 48.4 Å². The van der Waals surface area contributed by atoms with E-state index >= 15 is 0 Å². The molecule has 1 aliphatic heterocycles. The van der Waals surface area contributed by atoms with Gasteiger partial charge in [-0.05, 0) is 29.7 Å². The largest absolute Gasteiger partial charge is 0.365 e. The van der Waals surface area contributed by atoms with Crippen LogP contribution in [0, 0.1) is 0 Å². The van der Waals surface area contributed by atoms with E-state index in [-0.39, 0.29) is 30.9 Å². The third kappa shape index (κ3) is 7.13. The highest BCUT2D eigenvalue weighted by Crippen LogP contribution is 2.24. The molecule has 0 bridgehead atoms. The Morgan fingerprint density at radius 1 is 1.34 bits per heavy atom. The molecule has 1 atom stereocenters. The van der Waals surface area contributed by atoms with Gasteiger partial charge in [0, 0.05) is 31.9 Å². The lowest BCUT2D eigenvalue weighted by molar-refractivity contribution is -0.126. The summed E-state index contributed by atoms with van der Waals surface area (Å²) in [4.78, 5) is 17.6. The van der Waals surface area contributed by atoms with Crippen molar-refractivity contribution in [3.8, 4) is 0 Å². The quantitative estimate of drug-likeness (QED) is 0.342. The van der Waals surface area contributed by atoms with Crippen molar-refractivity contribution in [3.63, 3.8) is 0 Å². The van der Waals surface area contributed by atoms with Crippen molar-refractivity contribution in [2.45, 2.75) is 19.0 Å². The Morgan fingerprint density at radius 3 is 2.72 bits per heavy atom. The molecule has 1 aromatic heterocycles. The number of carbonyl (C=O) groups excluding carboxylic acids is 1. The Hall–Kier alpha value is -1.90. The summed E-state index contributed by atoms with van der Waals surface area (Å²) >= 11 is 6.23. The van der Waals surface area contributed by atoms with Crippen LogP contribution in [0.1, 0.15) is 17.5 Å². The van der Waals surface area contributed by atoms with Gasteiger partial charge >= 0.3 is 5.91 Å². The minimum atomic E-state index is -1.22. The summed E-state index contributed by atoms with van der Waals surface area (Å²) in [7, 11) is 0. The van der Waals surface area contributed by atoms with Crippen LogP contribution in [0.5, 0.6) is 0 Å². The molecule has 1 aliphatic rings. The van der Waals surface area contributed by atoms with Crippen molar-refractivity contribution in [3.05, 3.63) is 64.6 Å². The summed E-state index contributed by atoms with van der Waals surface area (Å²) in [5.74, 6) is -1.84. The minimum absolute atomic E-state index is 0. The smallest absolute Gasteiger partial charge is 0.303 e. The number of hydrogen-bond acceptors (Lipinski definition) is 5. The first-order chi connectivity index (χ1) is 13.0. The molecule has 2 heterocycles. The monoisotopic (exact) mass is 462 g/mol. The first-order valence-electron chi connectivity index (χ1n) is 8.55. The Bertz CT molecular complexity index is 839. The molecule has 6 nitrogen and oxygen atoms in total. The predicted octanol–water partition coefficient (Wildman–Crippen LogP) is 4.08. The van der Waals surface area contributed by atoms with E-state index in [1.807, 2.05) is 18.2 Å². The maximum absolute atomic E-state index is 13.5. The van der Waals surface area contributed by atoms with E-state index in [1.54, 1.807) is 0 Å². The Kier molecular flexibility index (Phi) is 10.4. The fraction of sp³-hybridized carbons (Fsp3) is 0.263. The number of amides is 1. The lowest BCUT2D eigenvalue weighted by Crippen LogP contribution is -2.26. The van der Waals surface area contributed by atoms with Crippen LogP contribution in [0.2, 0.25) is 5.02 Å². The number of carbonyl (C=O) groups is 1. The highest BCUT2D eigenvalue weighted by atomic mass is 35.5. The average molecular weight is 464 g/mol. The third-order valence-electron chi connectivity index (χ3n) is 4.34. The van der Waals surface area contributed by atoms with E-state index in [2.05, 4.69) is 27.3 Å². The number of pyridine rings is 1. The fourth-order valence-corrected chi connectivity index (χ4v) is 3.26. The second-order valence-electron chi connectivity index (χ2n) is 6.38. The van der Waals surface area contributed by atoms with Crippen LogP contribution in [0.4, 0.5) is 10.2 Å². The van der Waals surface area contributed by atoms with Crippen LogP contribution in [-0.2, 0) is 11.3 Å². The van der Waals surface area contributed by atoms with E-state index in [0.29, 0.717) is 16.4 Å². The summed E-state index contributed by atoms with van der Waals surface area (Å²) < 4.78 is 13.5. The first kappa shape index (κ1) is 25.1. The van der Waals surface area contributed by atoms with E-state index in [9.17, 15) is 9.18 Å². The van der Waals surface area contributed by atoms with Gasteiger partial charge in [0.25, 0.3) is 0 Å². The summed E-state index contributed by atoms with van der Waals surface area (Å²) in [5, 5.41) is 12.1. The van der Waals surface area contributed by atoms with E-state index in [1.165, 1.54) is 23.3 Å². The zero-order valence-electron chi connectivity index (χ0n) is 15.3. The number of aromatic nitrogens is 1. The van der Waals surface area contributed by atoms with Gasteiger partial charge in [-0.25, -0.2) is 14.9 Å². The van der Waals surface area contributed by atoms with E-state index in [0.717, 1.165) is 32.1 Å². The zero-order chi connectivity index (χ0) is 19.2. The third-order valence-corrected chi connectivity index (χ3v) is 4.62. The molecule has 0 unspecified atom stereocenters. The molecule has 1 amide bonds. The van der Waals surface area contributed by atoms with E-state index in [4.69, 9.17) is 16.8 Å². The van der Waals surface area contributed by atoms with Crippen LogP contribution in [0.3, 0.4) is 0 Å². The van der Waals surface area contributed by atoms with Gasteiger partial charge in [-0.1, -0.05) is 41.9 Å². The summed E-state index contributed by atoms with van der Waals surface area (Å²) in [6, 6.07) is 12.0. The molecule has 10 heteroatoms. The van der Waals surface area contributed by atoms with E-state index < -0.39 is 11.7 Å². The first-order valence-corrected chi connectivity index (χ1v) is 8.93. The van der Waals surface area contributed by atoms with Gasteiger partial charge in [0.05, 0.1) is 5.02 Å². The molecule has 0 spiro atoms. The minimum Gasteiger partial charge on any atom is -0.365 e.